The first-order valence-electron chi connectivity index (χ1n) is 5.10. The maximum Gasteiger partial charge on any atom is 0.335 e. The Morgan fingerprint density at radius 2 is 2.33 bits per heavy atom. The van der Waals surface area contributed by atoms with E-state index in [1.165, 1.54) is 11.1 Å². The third kappa shape index (κ3) is 1.80. The van der Waals surface area contributed by atoms with Crippen LogP contribution in [0.5, 0.6) is 0 Å². The molecule has 0 saturated heterocycles. The molecule has 0 saturated carbocycles. The molecule has 4 nitrogen and oxygen atoms in total. The maximum absolute atomic E-state index is 11.5. The standard InChI is InChI=1S/C11H15N3O/c1-8-4-5-10-9(7-8)3-2-6-14(10)11(15)13-12/h4-5,7H,2-3,6,12H2,1H3,(H,13,15). The van der Waals surface area contributed by atoms with Crippen molar-refractivity contribution in [1.82, 2.24) is 5.43 Å². The van der Waals surface area contributed by atoms with Crippen LogP contribution < -0.4 is 16.2 Å². The second-order valence-electron chi connectivity index (χ2n) is 3.84. The number of nitrogens with zero attached hydrogens (tertiary/aromatic N) is 1. The van der Waals surface area contributed by atoms with Crippen LogP contribution >= 0.6 is 0 Å². The molecule has 0 bridgehead atoms. The van der Waals surface area contributed by atoms with Gasteiger partial charge in [-0.05, 0) is 31.4 Å². The summed E-state index contributed by atoms with van der Waals surface area (Å²) in [6.07, 6.45) is 2.02. The molecule has 1 aromatic carbocycles. The average molecular weight is 205 g/mol. The van der Waals surface area contributed by atoms with Crippen molar-refractivity contribution < 1.29 is 4.79 Å². The highest BCUT2D eigenvalue weighted by atomic mass is 16.2. The number of hydrazine groups is 1. The molecular formula is C11H15N3O. The van der Waals surface area contributed by atoms with E-state index in [2.05, 4.69) is 18.4 Å². The third-order valence-corrected chi connectivity index (χ3v) is 2.72. The van der Waals surface area contributed by atoms with E-state index in [1.807, 2.05) is 12.1 Å². The lowest BCUT2D eigenvalue weighted by Crippen LogP contribution is -2.45. The summed E-state index contributed by atoms with van der Waals surface area (Å²) in [6, 6.07) is 5.89. The van der Waals surface area contributed by atoms with Crippen molar-refractivity contribution in [2.24, 2.45) is 5.84 Å². The summed E-state index contributed by atoms with van der Waals surface area (Å²) in [5, 5.41) is 0. The lowest BCUT2D eigenvalue weighted by Gasteiger charge is -2.29. The molecule has 0 aliphatic carbocycles. The number of carbonyl (C=O) groups excluding carboxylic acids is 1. The van der Waals surface area contributed by atoms with Crippen molar-refractivity contribution in [3.63, 3.8) is 0 Å². The topological polar surface area (TPSA) is 58.4 Å². The fourth-order valence-electron chi connectivity index (χ4n) is 2.01. The average Bonchev–Trinajstić information content (AvgIpc) is 2.26. The van der Waals surface area contributed by atoms with Gasteiger partial charge in [-0.1, -0.05) is 17.7 Å². The molecule has 0 fully saturated rings. The monoisotopic (exact) mass is 205 g/mol. The van der Waals surface area contributed by atoms with Gasteiger partial charge in [-0.15, -0.1) is 0 Å². The highest BCUT2D eigenvalue weighted by Gasteiger charge is 2.21. The van der Waals surface area contributed by atoms with Crippen molar-refractivity contribution >= 4 is 11.7 Å². The molecule has 1 aliphatic rings. The van der Waals surface area contributed by atoms with Crippen LogP contribution in [0.1, 0.15) is 17.5 Å². The predicted molar refractivity (Wildman–Crippen MR) is 59.6 cm³/mol. The van der Waals surface area contributed by atoms with E-state index in [9.17, 15) is 4.79 Å². The van der Waals surface area contributed by atoms with E-state index in [0.717, 1.165) is 25.1 Å². The molecule has 15 heavy (non-hydrogen) atoms. The summed E-state index contributed by atoms with van der Waals surface area (Å²) in [5.41, 5.74) is 5.61. The van der Waals surface area contributed by atoms with E-state index < -0.39 is 0 Å². The number of nitrogens with one attached hydrogen (secondary N) is 1. The molecule has 2 rings (SSSR count). The number of hydrogen-bond acceptors (Lipinski definition) is 2. The smallest absolute Gasteiger partial charge is 0.293 e. The van der Waals surface area contributed by atoms with E-state index in [4.69, 9.17) is 5.84 Å². The number of fused-ring (bicyclic) bond motifs is 1. The minimum Gasteiger partial charge on any atom is -0.293 e. The lowest BCUT2D eigenvalue weighted by molar-refractivity contribution is 0.246. The van der Waals surface area contributed by atoms with Gasteiger partial charge in [0.25, 0.3) is 0 Å². The van der Waals surface area contributed by atoms with Gasteiger partial charge in [0.1, 0.15) is 0 Å². The normalized spacial score (nSPS) is 14.7. The van der Waals surface area contributed by atoms with E-state index in [1.54, 1.807) is 4.90 Å². The molecular weight excluding hydrogens is 190 g/mol. The zero-order valence-corrected chi connectivity index (χ0v) is 8.79. The molecule has 1 aliphatic heterocycles. The Bertz CT molecular complexity index is 389. The number of amides is 2. The van der Waals surface area contributed by atoms with Gasteiger partial charge in [0.05, 0.1) is 0 Å². The SMILES string of the molecule is Cc1ccc2c(c1)CCCN2C(=O)NN. The summed E-state index contributed by atoms with van der Waals surface area (Å²) in [7, 11) is 0. The Labute approximate surface area is 89.0 Å². The minimum absolute atomic E-state index is 0.236. The van der Waals surface area contributed by atoms with Crippen LogP contribution in [0.15, 0.2) is 18.2 Å². The lowest BCUT2D eigenvalue weighted by atomic mass is 10.00. The Balaban J connectivity index is 2.38. The first-order valence-corrected chi connectivity index (χ1v) is 5.10. The molecule has 0 radical (unpaired) electrons. The summed E-state index contributed by atoms with van der Waals surface area (Å²) >= 11 is 0. The number of nitrogens with two attached hydrogens (primary N) is 1. The molecule has 2 amide bonds. The van der Waals surface area contributed by atoms with E-state index in [0.29, 0.717) is 0 Å². The molecule has 1 aromatic rings. The van der Waals surface area contributed by atoms with Crippen LogP contribution in [0.2, 0.25) is 0 Å². The van der Waals surface area contributed by atoms with Crippen LogP contribution in [0.4, 0.5) is 10.5 Å². The maximum atomic E-state index is 11.5. The van der Waals surface area contributed by atoms with Crippen LogP contribution in [0.3, 0.4) is 0 Å². The fraction of sp³-hybridized carbons (Fsp3) is 0.364. The van der Waals surface area contributed by atoms with Crippen molar-refractivity contribution in [1.29, 1.82) is 0 Å². The second-order valence-corrected chi connectivity index (χ2v) is 3.84. The number of carbonyl (C=O) groups is 1. The molecule has 3 N–H and O–H groups in total. The van der Waals surface area contributed by atoms with Crippen LogP contribution in [-0.2, 0) is 6.42 Å². The highest BCUT2D eigenvalue weighted by Crippen LogP contribution is 2.27. The number of hydrogen-bond donors (Lipinski definition) is 2. The summed E-state index contributed by atoms with van der Waals surface area (Å²) in [4.78, 5) is 13.2. The summed E-state index contributed by atoms with van der Waals surface area (Å²) < 4.78 is 0. The largest absolute Gasteiger partial charge is 0.335 e. The zero-order chi connectivity index (χ0) is 10.8. The van der Waals surface area contributed by atoms with Gasteiger partial charge < -0.3 is 0 Å². The molecule has 0 unspecified atom stereocenters. The zero-order valence-electron chi connectivity index (χ0n) is 8.79. The van der Waals surface area contributed by atoms with Crippen molar-refractivity contribution in [3.8, 4) is 0 Å². The molecule has 80 valence electrons. The first-order chi connectivity index (χ1) is 7.22. The predicted octanol–water partition coefficient (Wildman–Crippen LogP) is 1.33. The van der Waals surface area contributed by atoms with Gasteiger partial charge in [0.2, 0.25) is 0 Å². The van der Waals surface area contributed by atoms with Gasteiger partial charge in [-0.3, -0.25) is 10.3 Å². The minimum atomic E-state index is -0.236. The van der Waals surface area contributed by atoms with Crippen LogP contribution in [-0.4, -0.2) is 12.6 Å². The Morgan fingerprint density at radius 3 is 3.07 bits per heavy atom. The second kappa shape index (κ2) is 3.90. The van der Waals surface area contributed by atoms with Gasteiger partial charge in [-0.2, -0.15) is 0 Å². The quantitative estimate of drug-likeness (QED) is 0.381. The van der Waals surface area contributed by atoms with Crippen molar-refractivity contribution in [2.45, 2.75) is 19.8 Å². The fourth-order valence-corrected chi connectivity index (χ4v) is 2.01. The van der Waals surface area contributed by atoms with Gasteiger partial charge in [0.15, 0.2) is 0 Å². The number of urea groups is 1. The number of anilines is 1. The molecule has 0 spiro atoms. The third-order valence-electron chi connectivity index (χ3n) is 2.72. The molecule has 0 atom stereocenters. The Hall–Kier alpha value is -1.55. The molecule has 4 heteroatoms. The van der Waals surface area contributed by atoms with Crippen molar-refractivity contribution in [2.75, 3.05) is 11.4 Å². The number of rotatable bonds is 0. The molecule has 0 aromatic heterocycles. The van der Waals surface area contributed by atoms with E-state index >= 15 is 0 Å². The van der Waals surface area contributed by atoms with Crippen LogP contribution in [0, 0.1) is 6.92 Å². The van der Waals surface area contributed by atoms with E-state index in [-0.39, 0.29) is 6.03 Å². The van der Waals surface area contributed by atoms with Gasteiger partial charge >= 0.3 is 6.03 Å². The Kier molecular flexibility index (Phi) is 2.60. The number of aryl methyl sites for hydroxylation is 2. The first kappa shape index (κ1) is 9.98. The highest BCUT2D eigenvalue weighted by molar-refractivity contribution is 5.92. The van der Waals surface area contributed by atoms with Gasteiger partial charge in [0, 0.05) is 12.2 Å². The summed E-state index contributed by atoms with van der Waals surface area (Å²) in [5.74, 6) is 5.15. The Morgan fingerprint density at radius 1 is 1.53 bits per heavy atom. The van der Waals surface area contributed by atoms with Crippen LogP contribution in [0.25, 0.3) is 0 Å². The summed E-state index contributed by atoms with van der Waals surface area (Å²) in [6.45, 7) is 2.79. The van der Waals surface area contributed by atoms with Crippen molar-refractivity contribution in [3.05, 3.63) is 29.3 Å². The van der Waals surface area contributed by atoms with Gasteiger partial charge in [-0.25, -0.2) is 10.6 Å². The number of benzene rings is 1. The molecule has 1 heterocycles.